The number of hydrogen-bond acceptors (Lipinski definition) is 0. The summed E-state index contributed by atoms with van der Waals surface area (Å²) >= 11 is 0. The Morgan fingerprint density at radius 3 is 1.25 bits per heavy atom. The summed E-state index contributed by atoms with van der Waals surface area (Å²) in [6.07, 6.45) is 0. The first kappa shape index (κ1) is 9.35. The van der Waals surface area contributed by atoms with Crippen LogP contribution >= 0.6 is 18.5 Å². The van der Waals surface area contributed by atoms with E-state index in [1.54, 1.807) is 0 Å². The number of rotatable bonds is 0. The van der Waals surface area contributed by atoms with E-state index in [1.807, 2.05) is 5.90 Å². The molecule has 0 aliphatic carbocycles. The van der Waals surface area contributed by atoms with E-state index in [4.69, 9.17) is 0 Å². The molecule has 3 heteroatoms. The molecule has 0 nitrogen and oxygen atoms in total. The molecule has 23 valence electrons. The van der Waals surface area contributed by atoms with Crippen LogP contribution in [0.4, 0.5) is 0 Å². The summed E-state index contributed by atoms with van der Waals surface area (Å²) in [5.74, 6) is 1.83. The molecular formula is CH5P2Y-. The first-order valence-corrected chi connectivity index (χ1v) is 2.00. The van der Waals surface area contributed by atoms with Gasteiger partial charge in [-0.2, -0.15) is 0 Å². The van der Waals surface area contributed by atoms with Gasteiger partial charge in [-0.1, -0.05) is 0 Å². The maximum atomic E-state index is 2.42. The smallest absolute Gasteiger partial charge is 0 e. The van der Waals surface area contributed by atoms with Gasteiger partial charge in [0.15, 0.2) is 0 Å². The summed E-state index contributed by atoms with van der Waals surface area (Å²) < 4.78 is 0. The van der Waals surface area contributed by atoms with Crippen molar-refractivity contribution in [1.29, 1.82) is 0 Å². The summed E-state index contributed by atoms with van der Waals surface area (Å²) in [7, 11) is 4.83. The topological polar surface area (TPSA) is 0 Å². The second kappa shape index (κ2) is 8.88. The van der Waals surface area contributed by atoms with Crippen molar-refractivity contribution in [1.82, 2.24) is 0 Å². The molecule has 0 aliphatic heterocycles. The fraction of sp³-hybridized carbons (Fsp3) is 0. The Hall–Kier alpha value is 1.96. The monoisotopic (exact) mass is 168 g/mol. The molecule has 0 spiro atoms. The van der Waals surface area contributed by atoms with Crippen molar-refractivity contribution in [3.8, 4) is 0 Å². The predicted molar refractivity (Wildman–Crippen MR) is 23.7 cm³/mol. The Labute approximate surface area is 56.8 Å². The second-order valence-corrected chi connectivity index (χ2v) is 1.73. The van der Waals surface area contributed by atoms with Crippen LogP contribution in [0.2, 0.25) is 0 Å². The molecule has 0 aromatic heterocycles. The van der Waals surface area contributed by atoms with Gasteiger partial charge in [0.25, 0.3) is 0 Å². The Bertz CT molecular complexity index is 6.00. The molecule has 4 heavy (non-hydrogen) atoms. The minimum Gasteiger partial charge on any atom is -0.295 e. The molecule has 0 bridgehead atoms. The third-order valence-electron chi connectivity index (χ3n) is 0. The van der Waals surface area contributed by atoms with E-state index in [-0.39, 0.29) is 32.7 Å². The van der Waals surface area contributed by atoms with Gasteiger partial charge < -0.3 is 0 Å². The van der Waals surface area contributed by atoms with Crippen LogP contribution < -0.4 is 0 Å². The van der Waals surface area contributed by atoms with Crippen LogP contribution in [0.5, 0.6) is 0 Å². The maximum absolute atomic E-state index is 2.42. The Kier molecular flexibility index (Phi) is 20.8. The summed E-state index contributed by atoms with van der Waals surface area (Å²) in [6, 6.07) is 0. The molecule has 0 fully saturated rings. The Morgan fingerprint density at radius 1 is 1.25 bits per heavy atom. The van der Waals surface area contributed by atoms with E-state index in [0.29, 0.717) is 0 Å². The van der Waals surface area contributed by atoms with Crippen LogP contribution in [0.3, 0.4) is 0 Å². The molecular weight excluding hydrogens is 163 g/mol. The van der Waals surface area contributed by atoms with Crippen molar-refractivity contribution in [2.24, 2.45) is 0 Å². The molecule has 0 aromatic rings. The van der Waals surface area contributed by atoms with Gasteiger partial charge in [0, 0.05) is 32.7 Å². The number of hydrogen-bond donors (Lipinski definition) is 0. The fourth-order valence-electron chi connectivity index (χ4n) is 0. The van der Waals surface area contributed by atoms with Gasteiger partial charge in [0.1, 0.15) is 0 Å². The molecule has 1 radical (unpaired) electrons. The molecule has 2 atom stereocenters. The summed E-state index contributed by atoms with van der Waals surface area (Å²) in [6.45, 7) is 0. The normalized spacial score (nSPS) is 4.50. The SMILES string of the molecule is P[CH-]P.[Y]. The van der Waals surface area contributed by atoms with Crippen LogP contribution in [0, 0.1) is 5.90 Å². The van der Waals surface area contributed by atoms with Crippen LogP contribution in [0.1, 0.15) is 0 Å². The van der Waals surface area contributed by atoms with Gasteiger partial charge >= 0.3 is 0 Å². The maximum Gasteiger partial charge on any atom is 0 e. The summed E-state index contributed by atoms with van der Waals surface area (Å²) in [4.78, 5) is 0. The molecule has 0 heterocycles. The third kappa shape index (κ3) is 9.03. The van der Waals surface area contributed by atoms with Crippen molar-refractivity contribution in [2.75, 3.05) is 0 Å². The molecule has 0 saturated carbocycles. The van der Waals surface area contributed by atoms with Crippen molar-refractivity contribution in [2.45, 2.75) is 0 Å². The van der Waals surface area contributed by atoms with E-state index in [1.165, 1.54) is 0 Å². The van der Waals surface area contributed by atoms with Crippen LogP contribution in [0.25, 0.3) is 0 Å². The van der Waals surface area contributed by atoms with E-state index < -0.39 is 0 Å². The van der Waals surface area contributed by atoms with E-state index >= 15 is 0 Å². The predicted octanol–water partition coefficient (Wildman–Crippen LogP) is 0.853. The molecule has 0 amide bonds. The first-order chi connectivity index (χ1) is 1.41. The van der Waals surface area contributed by atoms with Gasteiger partial charge in [-0.25, -0.2) is 0 Å². The van der Waals surface area contributed by atoms with Crippen molar-refractivity contribution in [3.05, 3.63) is 5.90 Å². The molecule has 0 aliphatic rings. The van der Waals surface area contributed by atoms with Crippen molar-refractivity contribution in [3.63, 3.8) is 0 Å². The Morgan fingerprint density at radius 2 is 1.25 bits per heavy atom. The summed E-state index contributed by atoms with van der Waals surface area (Å²) in [5.41, 5.74) is 0. The largest absolute Gasteiger partial charge is 0.295 e. The quantitative estimate of drug-likeness (QED) is 0.371. The van der Waals surface area contributed by atoms with Gasteiger partial charge in [-0.15, -0.1) is 0 Å². The zero-order chi connectivity index (χ0) is 2.71. The van der Waals surface area contributed by atoms with E-state index in [2.05, 4.69) is 18.5 Å². The van der Waals surface area contributed by atoms with E-state index in [9.17, 15) is 0 Å². The average molecular weight is 168 g/mol. The zero-order valence-electron chi connectivity index (χ0n) is 2.31. The van der Waals surface area contributed by atoms with Crippen LogP contribution in [0.15, 0.2) is 0 Å². The zero-order valence-corrected chi connectivity index (χ0v) is 7.46. The van der Waals surface area contributed by atoms with Gasteiger partial charge in [-0.05, 0) is 0 Å². The standard InChI is InChI=1S/CH5P2.Y/c2-1-3;/h1H,2-3H2;/q-1;. The Balaban J connectivity index is 0. The van der Waals surface area contributed by atoms with Crippen molar-refractivity contribution >= 4 is 18.5 Å². The van der Waals surface area contributed by atoms with Crippen LogP contribution in [-0.4, -0.2) is 0 Å². The minimum atomic E-state index is 0. The molecule has 0 saturated heterocycles. The van der Waals surface area contributed by atoms with Crippen LogP contribution in [-0.2, 0) is 32.7 Å². The summed E-state index contributed by atoms with van der Waals surface area (Å²) in [5, 5.41) is 0. The minimum absolute atomic E-state index is 0. The van der Waals surface area contributed by atoms with Gasteiger partial charge in [0.05, 0.1) is 0 Å². The van der Waals surface area contributed by atoms with E-state index in [0.717, 1.165) is 0 Å². The molecule has 0 N–H and O–H groups in total. The second-order valence-electron chi connectivity index (χ2n) is 0.192. The molecule has 0 rings (SSSR count). The molecule has 0 aromatic carbocycles. The first-order valence-electron chi connectivity index (χ1n) is 0.667. The average Bonchev–Trinajstić information content (AvgIpc) is 0.918. The fourth-order valence-corrected chi connectivity index (χ4v) is 0. The van der Waals surface area contributed by atoms with Gasteiger partial charge in [0.2, 0.25) is 0 Å². The van der Waals surface area contributed by atoms with Gasteiger partial charge in [-0.3, -0.25) is 24.4 Å². The molecule has 2 unspecified atom stereocenters. The third-order valence-corrected chi connectivity index (χ3v) is 0. The van der Waals surface area contributed by atoms with Crippen molar-refractivity contribution < 1.29 is 32.7 Å².